The maximum Gasteiger partial charge on any atom is 0.274 e. The molecule has 0 bridgehead atoms. The van der Waals surface area contributed by atoms with E-state index < -0.39 is 0 Å². The molecule has 2 heterocycles. The van der Waals surface area contributed by atoms with Gasteiger partial charge in [0, 0.05) is 18.1 Å². The highest BCUT2D eigenvalue weighted by molar-refractivity contribution is 5.60. The largest absolute Gasteiger partial charge is 0.275 e. The molecule has 20 heavy (non-hydrogen) atoms. The number of nitrogens with one attached hydrogen (secondary N) is 1. The van der Waals surface area contributed by atoms with E-state index in [0.29, 0.717) is 11.5 Å². The summed E-state index contributed by atoms with van der Waals surface area (Å²) in [5.41, 5.74) is 2.62. The molecular formula is C15H16N4O. The molecule has 1 N–H and O–H groups in total. The molecule has 5 nitrogen and oxygen atoms in total. The van der Waals surface area contributed by atoms with E-state index in [4.69, 9.17) is 0 Å². The van der Waals surface area contributed by atoms with Crippen LogP contribution in [0.15, 0.2) is 35.1 Å². The molecule has 0 fully saturated rings. The first-order valence-electron chi connectivity index (χ1n) is 6.73. The zero-order valence-corrected chi connectivity index (χ0v) is 11.6. The van der Waals surface area contributed by atoms with Crippen molar-refractivity contribution in [3.8, 4) is 11.3 Å². The smallest absolute Gasteiger partial charge is 0.274 e. The summed E-state index contributed by atoms with van der Waals surface area (Å²) in [5.74, 6) is 1.22. The highest BCUT2D eigenvalue weighted by atomic mass is 16.1. The van der Waals surface area contributed by atoms with Crippen molar-refractivity contribution in [2.24, 2.45) is 0 Å². The van der Waals surface area contributed by atoms with Gasteiger partial charge in [0.05, 0.1) is 5.69 Å². The lowest BCUT2D eigenvalue weighted by Gasteiger charge is -2.00. The van der Waals surface area contributed by atoms with Crippen molar-refractivity contribution in [3.63, 3.8) is 0 Å². The molecule has 0 aliphatic rings. The molecule has 0 atom stereocenters. The van der Waals surface area contributed by atoms with Crippen LogP contribution in [0.25, 0.3) is 17.0 Å². The van der Waals surface area contributed by atoms with Gasteiger partial charge in [-0.05, 0) is 13.3 Å². The van der Waals surface area contributed by atoms with Gasteiger partial charge < -0.3 is 0 Å². The lowest BCUT2D eigenvalue weighted by Crippen LogP contribution is -2.14. The van der Waals surface area contributed by atoms with Crippen LogP contribution >= 0.6 is 0 Å². The van der Waals surface area contributed by atoms with Crippen LogP contribution in [0.3, 0.4) is 0 Å². The minimum absolute atomic E-state index is 0.138. The van der Waals surface area contributed by atoms with Gasteiger partial charge in [0.1, 0.15) is 5.82 Å². The maximum atomic E-state index is 12.1. The zero-order valence-electron chi connectivity index (χ0n) is 11.6. The van der Waals surface area contributed by atoms with E-state index in [1.54, 1.807) is 0 Å². The fraction of sp³-hybridized carbons (Fsp3) is 0.267. The van der Waals surface area contributed by atoms with Gasteiger partial charge in [-0.25, -0.2) is 4.98 Å². The van der Waals surface area contributed by atoms with Crippen LogP contribution < -0.4 is 5.56 Å². The average Bonchev–Trinajstić information content (AvgIpc) is 2.83. The fourth-order valence-corrected chi connectivity index (χ4v) is 2.15. The molecule has 0 unspecified atom stereocenters. The van der Waals surface area contributed by atoms with Crippen molar-refractivity contribution in [2.45, 2.75) is 26.7 Å². The number of aromatic nitrogens is 4. The Kier molecular flexibility index (Phi) is 3.10. The van der Waals surface area contributed by atoms with E-state index in [0.717, 1.165) is 24.2 Å². The number of hydrogen-bond donors (Lipinski definition) is 1. The number of aromatic amines is 1. The van der Waals surface area contributed by atoms with Crippen LogP contribution in [-0.2, 0) is 6.42 Å². The normalized spacial score (nSPS) is 11.1. The summed E-state index contributed by atoms with van der Waals surface area (Å²) >= 11 is 0. The molecule has 0 saturated heterocycles. The van der Waals surface area contributed by atoms with Crippen LogP contribution in [0.5, 0.6) is 0 Å². The van der Waals surface area contributed by atoms with E-state index in [1.807, 2.05) is 31.2 Å². The van der Waals surface area contributed by atoms with E-state index >= 15 is 0 Å². The summed E-state index contributed by atoms with van der Waals surface area (Å²) < 4.78 is 1.39. The van der Waals surface area contributed by atoms with Crippen LogP contribution in [0.1, 0.15) is 24.7 Å². The summed E-state index contributed by atoms with van der Waals surface area (Å²) in [7, 11) is 0. The van der Waals surface area contributed by atoms with E-state index in [1.165, 1.54) is 16.1 Å². The van der Waals surface area contributed by atoms with Crippen LogP contribution in [0.2, 0.25) is 0 Å². The third-order valence-electron chi connectivity index (χ3n) is 3.21. The maximum absolute atomic E-state index is 12.1. The average molecular weight is 268 g/mol. The van der Waals surface area contributed by atoms with Crippen molar-refractivity contribution in [1.82, 2.24) is 19.6 Å². The monoisotopic (exact) mass is 268 g/mol. The van der Waals surface area contributed by atoms with E-state index in [-0.39, 0.29) is 5.56 Å². The van der Waals surface area contributed by atoms with Gasteiger partial charge in [0.2, 0.25) is 0 Å². The Hall–Kier alpha value is -2.43. The molecule has 0 aliphatic heterocycles. The minimum Gasteiger partial charge on any atom is -0.275 e. The molecule has 3 rings (SSSR count). The highest BCUT2D eigenvalue weighted by Crippen LogP contribution is 2.16. The third kappa shape index (κ3) is 2.22. The van der Waals surface area contributed by atoms with Gasteiger partial charge in [-0.3, -0.25) is 9.89 Å². The molecule has 3 aromatic rings. The topological polar surface area (TPSA) is 63.1 Å². The van der Waals surface area contributed by atoms with Gasteiger partial charge in [0.15, 0.2) is 0 Å². The van der Waals surface area contributed by atoms with Crippen LogP contribution in [0, 0.1) is 6.92 Å². The summed E-state index contributed by atoms with van der Waals surface area (Å²) in [5, 5.41) is 2.98. The summed E-state index contributed by atoms with van der Waals surface area (Å²) in [6.45, 7) is 4.10. The van der Waals surface area contributed by atoms with Gasteiger partial charge in [-0.2, -0.15) is 9.50 Å². The first-order valence-corrected chi connectivity index (χ1v) is 6.73. The quantitative estimate of drug-likeness (QED) is 0.793. The molecule has 2 aromatic heterocycles. The van der Waals surface area contributed by atoms with Gasteiger partial charge in [-0.15, -0.1) is 0 Å². The fourth-order valence-electron chi connectivity index (χ4n) is 2.15. The number of H-pyrrole nitrogens is 1. The summed E-state index contributed by atoms with van der Waals surface area (Å²) in [6, 6.07) is 9.48. The Morgan fingerprint density at radius 3 is 2.65 bits per heavy atom. The van der Waals surface area contributed by atoms with Crippen LogP contribution in [0.4, 0.5) is 0 Å². The van der Waals surface area contributed by atoms with Crippen molar-refractivity contribution < 1.29 is 0 Å². The second-order valence-corrected chi connectivity index (χ2v) is 4.90. The van der Waals surface area contributed by atoms with Crippen molar-refractivity contribution in [3.05, 3.63) is 52.1 Å². The molecule has 0 amide bonds. The lowest BCUT2D eigenvalue weighted by molar-refractivity contribution is 0.806. The molecule has 0 radical (unpaired) electrons. The van der Waals surface area contributed by atoms with Gasteiger partial charge in [-0.1, -0.05) is 36.8 Å². The summed E-state index contributed by atoms with van der Waals surface area (Å²) in [6.07, 6.45) is 1.78. The van der Waals surface area contributed by atoms with Crippen molar-refractivity contribution >= 4 is 5.78 Å². The van der Waals surface area contributed by atoms with Gasteiger partial charge >= 0.3 is 0 Å². The van der Waals surface area contributed by atoms with Gasteiger partial charge in [0.25, 0.3) is 11.3 Å². The SMILES string of the molecule is CCCc1nc2nc(-c3ccc(C)cc3)cc(=O)n2[nH]1. The number of benzene rings is 1. The first kappa shape index (κ1) is 12.6. The first-order chi connectivity index (χ1) is 9.67. The molecule has 0 saturated carbocycles. The Morgan fingerprint density at radius 2 is 1.95 bits per heavy atom. The lowest BCUT2D eigenvalue weighted by atomic mass is 10.1. The second-order valence-electron chi connectivity index (χ2n) is 4.90. The Labute approximate surface area is 116 Å². The summed E-state index contributed by atoms with van der Waals surface area (Å²) in [4.78, 5) is 20.9. The highest BCUT2D eigenvalue weighted by Gasteiger charge is 2.08. The van der Waals surface area contributed by atoms with Crippen molar-refractivity contribution in [2.75, 3.05) is 0 Å². The predicted molar refractivity (Wildman–Crippen MR) is 77.8 cm³/mol. The standard InChI is InChI=1S/C15H16N4O/c1-3-4-13-17-15-16-12(9-14(20)19(15)18-13)11-7-5-10(2)6-8-11/h5-9H,3-4H2,1-2H3,(H,16,17,18). The number of hydrogen-bond acceptors (Lipinski definition) is 3. The van der Waals surface area contributed by atoms with Crippen molar-refractivity contribution in [1.29, 1.82) is 0 Å². The Morgan fingerprint density at radius 1 is 1.20 bits per heavy atom. The second kappa shape index (κ2) is 4.92. The molecule has 5 heteroatoms. The molecule has 0 aliphatic carbocycles. The third-order valence-corrected chi connectivity index (χ3v) is 3.21. The van der Waals surface area contributed by atoms with E-state index in [2.05, 4.69) is 22.0 Å². The molecule has 102 valence electrons. The number of fused-ring (bicyclic) bond motifs is 1. The molecule has 1 aromatic carbocycles. The number of nitrogens with zero attached hydrogens (tertiary/aromatic N) is 3. The number of aryl methyl sites for hydroxylation is 2. The van der Waals surface area contributed by atoms with Crippen LogP contribution in [-0.4, -0.2) is 19.6 Å². The van der Waals surface area contributed by atoms with E-state index in [9.17, 15) is 4.79 Å². The molecular weight excluding hydrogens is 252 g/mol. The zero-order chi connectivity index (χ0) is 14.1. The molecule has 0 spiro atoms. The minimum atomic E-state index is -0.138. The number of rotatable bonds is 3. The Bertz CT molecular complexity index is 799. The Balaban J connectivity index is 2.13. The predicted octanol–water partition coefficient (Wildman–Crippen LogP) is 2.35.